The monoisotopic (exact) mass is 815 g/mol. The number of hydrogen-bond acceptors (Lipinski definition) is 11. The summed E-state index contributed by atoms with van der Waals surface area (Å²) in [5.74, 6) is -4.13. The number of carboxylic acid groups (broad SMARTS) is 1. The Balaban J connectivity index is 1.51. The average Bonchev–Trinajstić information content (AvgIpc) is 3.43. The number of carboxylic acids is 1. The zero-order valence-electron chi connectivity index (χ0n) is 33.9. The number of sulfonamides is 1. The molecule has 1 aliphatic heterocycles. The summed E-state index contributed by atoms with van der Waals surface area (Å²) in [6.07, 6.45) is 0.933. The standard InChI is InChI=1S/C39H57N7O10S/c1-22-23(2)33(24(3)26-20-39(7,8)56-32(22)26)57(53,54)46-37(41)42-17-13-12-16-27(40)34(49)43-21-30(47)44-28(19-31(48)55-38(4,5)6)35(50)45-29(36(51)52)18-25-14-10-9-11-15-25/h9-11,14-15,27-29H,12-13,16-21,40H2,1-8H3,(H,43,49)(H,44,47)(H,45,50)(H,51,52)(H3,41,42,46)/t27-,28-,29-/m0/s1. The van der Waals surface area contributed by atoms with Gasteiger partial charge in [-0.3, -0.25) is 24.2 Å². The highest BCUT2D eigenvalue weighted by Crippen LogP contribution is 2.43. The molecule has 0 unspecified atom stereocenters. The van der Waals surface area contributed by atoms with Gasteiger partial charge in [-0.2, -0.15) is 0 Å². The Bertz CT molecular complexity index is 1960. The van der Waals surface area contributed by atoms with Crippen LogP contribution in [0.5, 0.6) is 5.75 Å². The summed E-state index contributed by atoms with van der Waals surface area (Å²) in [5.41, 5.74) is 14.0. The second-order valence-electron chi connectivity index (χ2n) is 15.7. The van der Waals surface area contributed by atoms with Crippen LogP contribution in [0.15, 0.2) is 40.2 Å². The predicted molar refractivity (Wildman–Crippen MR) is 213 cm³/mol. The van der Waals surface area contributed by atoms with Gasteiger partial charge in [0.25, 0.3) is 10.0 Å². The van der Waals surface area contributed by atoms with Crippen LogP contribution < -0.4 is 36.9 Å². The van der Waals surface area contributed by atoms with E-state index in [-0.39, 0.29) is 30.2 Å². The number of guanidine groups is 1. The second kappa shape index (κ2) is 19.3. The molecule has 314 valence electrons. The van der Waals surface area contributed by atoms with Crippen molar-refractivity contribution in [3.8, 4) is 5.75 Å². The molecule has 0 saturated heterocycles. The van der Waals surface area contributed by atoms with Gasteiger partial charge < -0.3 is 42.0 Å². The number of nitrogens with two attached hydrogens (primary N) is 2. The van der Waals surface area contributed by atoms with Crippen molar-refractivity contribution in [1.82, 2.24) is 20.7 Å². The van der Waals surface area contributed by atoms with Gasteiger partial charge in [0, 0.05) is 24.9 Å². The van der Waals surface area contributed by atoms with Crippen molar-refractivity contribution in [3.63, 3.8) is 0 Å². The molecule has 2 aromatic carbocycles. The van der Waals surface area contributed by atoms with Crippen LogP contribution in [-0.4, -0.2) is 91.6 Å². The normalized spacial score (nSPS) is 15.3. The smallest absolute Gasteiger partial charge is 0.326 e. The van der Waals surface area contributed by atoms with Crippen molar-refractivity contribution < 1.29 is 47.0 Å². The summed E-state index contributed by atoms with van der Waals surface area (Å²) in [6, 6.07) is 4.70. The molecule has 57 heavy (non-hydrogen) atoms. The number of carbonyl (C=O) groups excluding carboxylic acids is 4. The van der Waals surface area contributed by atoms with Gasteiger partial charge in [-0.25, -0.2) is 17.9 Å². The van der Waals surface area contributed by atoms with Crippen LogP contribution >= 0.6 is 0 Å². The molecule has 3 atom stereocenters. The highest BCUT2D eigenvalue weighted by atomic mass is 32.2. The molecule has 2 aromatic rings. The fourth-order valence-corrected chi connectivity index (χ4v) is 7.82. The largest absolute Gasteiger partial charge is 0.487 e. The molecule has 9 N–H and O–H groups in total. The molecular formula is C39H57N7O10S. The third-order valence-corrected chi connectivity index (χ3v) is 10.7. The number of ether oxygens (including phenoxy) is 2. The van der Waals surface area contributed by atoms with Crippen LogP contribution in [0.3, 0.4) is 0 Å². The number of amides is 3. The van der Waals surface area contributed by atoms with Gasteiger partial charge in [-0.1, -0.05) is 30.3 Å². The number of carbonyl (C=O) groups is 5. The minimum atomic E-state index is -4.07. The van der Waals surface area contributed by atoms with E-state index in [9.17, 15) is 37.5 Å². The molecule has 1 aliphatic rings. The average molecular weight is 816 g/mol. The molecule has 0 saturated carbocycles. The first kappa shape index (κ1) is 46.2. The van der Waals surface area contributed by atoms with E-state index in [0.29, 0.717) is 41.7 Å². The number of esters is 1. The lowest BCUT2D eigenvalue weighted by Gasteiger charge is -2.24. The van der Waals surface area contributed by atoms with E-state index in [1.807, 2.05) is 20.8 Å². The van der Waals surface area contributed by atoms with E-state index in [1.54, 1.807) is 65.0 Å². The van der Waals surface area contributed by atoms with E-state index in [2.05, 4.69) is 25.7 Å². The minimum Gasteiger partial charge on any atom is -0.487 e. The van der Waals surface area contributed by atoms with Gasteiger partial charge in [-0.05, 0) is 96.9 Å². The molecular weight excluding hydrogens is 759 g/mol. The van der Waals surface area contributed by atoms with Gasteiger partial charge in [-0.15, -0.1) is 0 Å². The van der Waals surface area contributed by atoms with E-state index in [1.165, 1.54) is 0 Å². The summed E-state index contributed by atoms with van der Waals surface area (Å²) in [5, 5.41) is 16.9. The molecule has 0 aliphatic carbocycles. The first-order valence-corrected chi connectivity index (χ1v) is 20.1. The molecule has 0 spiro atoms. The first-order chi connectivity index (χ1) is 26.4. The highest BCUT2D eigenvalue weighted by molar-refractivity contribution is 7.90. The summed E-state index contributed by atoms with van der Waals surface area (Å²) < 4.78 is 40.6. The number of benzene rings is 2. The molecule has 0 radical (unpaired) electrons. The number of aliphatic imine (C=N–C) groups is 1. The maximum Gasteiger partial charge on any atom is 0.326 e. The number of rotatable bonds is 18. The Morgan fingerprint density at radius 3 is 2.23 bits per heavy atom. The molecule has 0 bridgehead atoms. The van der Waals surface area contributed by atoms with Gasteiger partial charge in [0.05, 0.1) is 23.9 Å². The summed E-state index contributed by atoms with van der Waals surface area (Å²) in [4.78, 5) is 67.6. The lowest BCUT2D eigenvalue weighted by molar-refractivity contribution is -0.156. The molecule has 1 heterocycles. The second-order valence-corrected chi connectivity index (χ2v) is 17.4. The van der Waals surface area contributed by atoms with E-state index >= 15 is 0 Å². The summed E-state index contributed by atoms with van der Waals surface area (Å²) >= 11 is 0. The third-order valence-electron chi connectivity index (χ3n) is 9.10. The Hall–Kier alpha value is -5.23. The summed E-state index contributed by atoms with van der Waals surface area (Å²) in [7, 11) is -4.07. The lowest BCUT2D eigenvalue weighted by atomic mass is 9.94. The van der Waals surface area contributed by atoms with Crippen LogP contribution in [0.25, 0.3) is 0 Å². The van der Waals surface area contributed by atoms with Crippen LogP contribution in [0.4, 0.5) is 0 Å². The number of nitrogens with one attached hydrogen (secondary N) is 4. The molecule has 17 nitrogen and oxygen atoms in total. The summed E-state index contributed by atoms with van der Waals surface area (Å²) in [6.45, 7) is 13.6. The van der Waals surface area contributed by atoms with Crippen molar-refractivity contribution in [2.75, 3.05) is 13.1 Å². The fraction of sp³-hybridized carbons (Fsp3) is 0.538. The van der Waals surface area contributed by atoms with E-state index < -0.39 is 82.0 Å². The van der Waals surface area contributed by atoms with Crippen molar-refractivity contribution >= 4 is 45.6 Å². The Labute approximate surface area is 334 Å². The molecule has 0 fully saturated rings. The topological polar surface area (TPSA) is 271 Å². The zero-order valence-corrected chi connectivity index (χ0v) is 34.7. The van der Waals surface area contributed by atoms with Crippen molar-refractivity contribution in [2.24, 2.45) is 16.5 Å². The number of nitrogens with zero attached hydrogens (tertiary/aromatic N) is 1. The molecule has 3 rings (SSSR count). The van der Waals surface area contributed by atoms with Crippen LogP contribution in [-0.2, 0) is 51.6 Å². The Kier molecular flexibility index (Phi) is 15.6. The highest BCUT2D eigenvalue weighted by Gasteiger charge is 2.37. The Morgan fingerprint density at radius 2 is 1.61 bits per heavy atom. The van der Waals surface area contributed by atoms with Crippen LogP contribution in [0, 0.1) is 20.8 Å². The van der Waals surface area contributed by atoms with Crippen molar-refractivity contribution in [2.45, 2.75) is 128 Å². The molecule has 0 aromatic heterocycles. The molecule has 18 heteroatoms. The van der Waals surface area contributed by atoms with Gasteiger partial charge >= 0.3 is 11.9 Å². The predicted octanol–water partition coefficient (Wildman–Crippen LogP) is 1.56. The lowest BCUT2D eigenvalue weighted by Crippen LogP contribution is -2.55. The van der Waals surface area contributed by atoms with Crippen LogP contribution in [0.2, 0.25) is 0 Å². The van der Waals surface area contributed by atoms with Crippen LogP contribution in [0.1, 0.15) is 88.1 Å². The van der Waals surface area contributed by atoms with Gasteiger partial charge in [0.15, 0.2) is 0 Å². The number of fused-ring (bicyclic) bond motifs is 1. The number of unbranched alkanes of at least 4 members (excludes halogenated alkanes) is 1. The molecule has 3 amide bonds. The number of hydrogen-bond donors (Lipinski definition) is 7. The third kappa shape index (κ3) is 13.7. The maximum atomic E-state index is 13.4. The van der Waals surface area contributed by atoms with E-state index in [0.717, 1.165) is 11.1 Å². The SMILES string of the molecule is Cc1c(C)c(S(=O)(=O)NC(N)=NCCCC[C@H](N)C(=O)NCC(=O)N[C@@H](CC(=O)OC(C)(C)C)C(=O)N[C@@H](Cc2ccccc2)C(=O)O)c(C)c2c1OC(C)(C)C2. The van der Waals surface area contributed by atoms with Gasteiger partial charge in [0.1, 0.15) is 29.0 Å². The first-order valence-electron chi connectivity index (χ1n) is 18.7. The minimum absolute atomic E-state index is 0.0500. The quantitative estimate of drug-likeness (QED) is 0.0489. The van der Waals surface area contributed by atoms with Gasteiger partial charge in [0.2, 0.25) is 23.7 Å². The number of aliphatic carboxylic acids is 1. The fourth-order valence-electron chi connectivity index (χ4n) is 6.30. The van der Waals surface area contributed by atoms with Crippen molar-refractivity contribution in [1.29, 1.82) is 0 Å². The van der Waals surface area contributed by atoms with Crippen molar-refractivity contribution in [3.05, 3.63) is 58.1 Å². The van der Waals surface area contributed by atoms with E-state index in [4.69, 9.17) is 20.9 Å². The Morgan fingerprint density at radius 1 is 0.965 bits per heavy atom. The maximum absolute atomic E-state index is 13.4. The zero-order chi connectivity index (χ0) is 42.9.